The van der Waals surface area contributed by atoms with Gasteiger partial charge in [0.15, 0.2) is 17.3 Å². The third-order valence-corrected chi connectivity index (χ3v) is 5.72. The molecule has 0 N–H and O–H groups in total. The normalized spacial score (nSPS) is 12.6. The molecule has 35 heavy (non-hydrogen) atoms. The van der Waals surface area contributed by atoms with E-state index in [0.29, 0.717) is 50.8 Å². The van der Waals surface area contributed by atoms with Crippen LogP contribution in [-0.4, -0.2) is 36.9 Å². The summed E-state index contributed by atoms with van der Waals surface area (Å²) in [5, 5.41) is 5.69. The number of rotatable bonds is 5. The Hall–Kier alpha value is -4.79. The van der Waals surface area contributed by atoms with E-state index in [0.717, 1.165) is 5.39 Å². The van der Waals surface area contributed by atoms with Crippen molar-refractivity contribution in [2.45, 2.75) is 0 Å². The van der Waals surface area contributed by atoms with Gasteiger partial charge in [0.25, 0.3) is 5.56 Å². The Morgan fingerprint density at radius 2 is 1.83 bits per heavy atom. The lowest BCUT2D eigenvalue weighted by molar-refractivity contribution is 0.171. The van der Waals surface area contributed by atoms with Crippen LogP contribution < -0.4 is 24.5 Å². The van der Waals surface area contributed by atoms with Crippen LogP contribution >= 0.6 is 0 Å². The summed E-state index contributed by atoms with van der Waals surface area (Å²) in [5.74, 6) is 2.88. The van der Waals surface area contributed by atoms with Crippen molar-refractivity contribution in [2.24, 2.45) is 5.10 Å². The molecule has 0 unspecified atom stereocenters. The summed E-state index contributed by atoms with van der Waals surface area (Å²) in [6.07, 6.45) is 1.54. The van der Waals surface area contributed by atoms with Crippen LogP contribution in [0.4, 0.5) is 0 Å². The van der Waals surface area contributed by atoms with Crippen LogP contribution in [0.3, 0.4) is 0 Å². The van der Waals surface area contributed by atoms with E-state index in [1.165, 1.54) is 10.9 Å². The van der Waals surface area contributed by atoms with Gasteiger partial charge in [0.05, 0.1) is 36.7 Å². The standard InChI is InChI=1S/C26H19N3O6/c1-31-19-8-5-9-20-17(19)12-23(35-20)25-28-18-7-4-3-6-16(18)26(30)29(25)27-13-15-10-21(32-2)24-22(11-15)33-14-34-24/h3-13H,14H2,1-2H3. The van der Waals surface area contributed by atoms with Crippen LogP contribution in [0.5, 0.6) is 23.0 Å². The van der Waals surface area contributed by atoms with E-state index < -0.39 is 0 Å². The summed E-state index contributed by atoms with van der Waals surface area (Å²) in [7, 11) is 3.14. The summed E-state index contributed by atoms with van der Waals surface area (Å²) in [6, 6.07) is 17.9. The van der Waals surface area contributed by atoms with Crippen LogP contribution in [0.15, 0.2) is 75.0 Å². The minimum absolute atomic E-state index is 0.111. The Bertz CT molecular complexity index is 1680. The Morgan fingerprint density at radius 3 is 2.69 bits per heavy atom. The number of furan rings is 1. The van der Waals surface area contributed by atoms with E-state index in [-0.39, 0.29) is 18.2 Å². The zero-order valence-electron chi connectivity index (χ0n) is 18.8. The molecule has 0 atom stereocenters. The van der Waals surface area contributed by atoms with Crippen molar-refractivity contribution in [3.63, 3.8) is 0 Å². The van der Waals surface area contributed by atoms with Gasteiger partial charge in [-0.25, -0.2) is 4.98 Å². The monoisotopic (exact) mass is 469 g/mol. The topological polar surface area (TPSA) is 97.3 Å². The molecule has 3 aromatic carbocycles. The van der Waals surface area contributed by atoms with Gasteiger partial charge in [0, 0.05) is 5.56 Å². The first-order valence-electron chi connectivity index (χ1n) is 10.8. The van der Waals surface area contributed by atoms with Crippen molar-refractivity contribution >= 4 is 28.1 Å². The van der Waals surface area contributed by atoms with Crippen molar-refractivity contribution in [1.29, 1.82) is 0 Å². The lowest BCUT2D eigenvalue weighted by Gasteiger charge is -2.08. The van der Waals surface area contributed by atoms with Crippen molar-refractivity contribution in [3.8, 4) is 34.6 Å². The quantitative estimate of drug-likeness (QED) is 0.351. The fourth-order valence-electron chi connectivity index (χ4n) is 4.06. The number of benzene rings is 3. The molecule has 0 saturated carbocycles. The van der Waals surface area contributed by atoms with Gasteiger partial charge in [-0.1, -0.05) is 18.2 Å². The number of aromatic nitrogens is 2. The van der Waals surface area contributed by atoms with E-state index in [9.17, 15) is 4.79 Å². The molecule has 1 aliphatic heterocycles. The lowest BCUT2D eigenvalue weighted by atomic mass is 10.2. The zero-order valence-corrected chi connectivity index (χ0v) is 18.8. The number of para-hydroxylation sites is 1. The Morgan fingerprint density at radius 1 is 0.971 bits per heavy atom. The van der Waals surface area contributed by atoms with Crippen LogP contribution in [0, 0.1) is 0 Å². The first-order valence-corrected chi connectivity index (χ1v) is 10.8. The maximum Gasteiger partial charge on any atom is 0.282 e. The third kappa shape index (κ3) is 3.45. The van der Waals surface area contributed by atoms with E-state index in [4.69, 9.17) is 28.3 Å². The fraction of sp³-hybridized carbons (Fsp3) is 0.115. The third-order valence-electron chi connectivity index (χ3n) is 5.72. The highest BCUT2D eigenvalue weighted by Crippen LogP contribution is 2.41. The molecule has 6 rings (SSSR count). The minimum atomic E-state index is -0.332. The van der Waals surface area contributed by atoms with E-state index in [1.54, 1.807) is 50.6 Å². The van der Waals surface area contributed by atoms with E-state index in [2.05, 4.69) is 5.10 Å². The summed E-state index contributed by atoms with van der Waals surface area (Å²) in [4.78, 5) is 18.2. The molecular formula is C26H19N3O6. The smallest absolute Gasteiger partial charge is 0.282 e. The summed E-state index contributed by atoms with van der Waals surface area (Å²) in [6.45, 7) is 0.111. The second-order valence-corrected chi connectivity index (χ2v) is 7.75. The molecule has 0 saturated heterocycles. The second kappa shape index (κ2) is 8.21. The highest BCUT2D eigenvalue weighted by Gasteiger charge is 2.21. The van der Waals surface area contributed by atoms with Gasteiger partial charge in [-0.2, -0.15) is 9.78 Å². The number of hydrogen-bond acceptors (Lipinski definition) is 8. The number of nitrogens with zero attached hydrogens (tertiary/aromatic N) is 3. The molecular weight excluding hydrogens is 450 g/mol. The number of ether oxygens (including phenoxy) is 4. The second-order valence-electron chi connectivity index (χ2n) is 7.75. The van der Waals surface area contributed by atoms with Gasteiger partial charge in [-0.05, 0) is 42.5 Å². The van der Waals surface area contributed by atoms with Crippen LogP contribution in [0.2, 0.25) is 0 Å². The predicted molar refractivity (Wildman–Crippen MR) is 130 cm³/mol. The van der Waals surface area contributed by atoms with E-state index in [1.807, 2.05) is 24.3 Å². The maximum absolute atomic E-state index is 13.5. The maximum atomic E-state index is 13.5. The van der Waals surface area contributed by atoms with Crippen molar-refractivity contribution in [2.75, 3.05) is 21.0 Å². The highest BCUT2D eigenvalue weighted by molar-refractivity contribution is 5.89. The summed E-state index contributed by atoms with van der Waals surface area (Å²) >= 11 is 0. The van der Waals surface area contributed by atoms with Crippen LogP contribution in [0.25, 0.3) is 33.5 Å². The predicted octanol–water partition coefficient (Wildman–Crippen LogP) is 4.44. The van der Waals surface area contributed by atoms with Gasteiger partial charge in [0.2, 0.25) is 18.4 Å². The SMILES string of the molecule is COc1cc(C=Nn2c(-c3cc4c(OC)cccc4o3)nc3ccccc3c2=O)cc2c1OCO2. The molecule has 174 valence electrons. The van der Waals surface area contributed by atoms with Crippen molar-refractivity contribution in [3.05, 3.63) is 76.6 Å². The Kier molecular flexibility index (Phi) is 4.88. The Labute approximate surface area is 198 Å². The number of methoxy groups -OCH3 is 2. The van der Waals surface area contributed by atoms with Crippen LogP contribution in [-0.2, 0) is 0 Å². The minimum Gasteiger partial charge on any atom is -0.496 e. The van der Waals surface area contributed by atoms with Crippen molar-refractivity contribution in [1.82, 2.24) is 9.66 Å². The fourth-order valence-corrected chi connectivity index (χ4v) is 4.06. The Balaban J connectivity index is 1.54. The lowest BCUT2D eigenvalue weighted by Crippen LogP contribution is -2.20. The average molecular weight is 469 g/mol. The summed E-state index contributed by atoms with van der Waals surface area (Å²) < 4.78 is 29.1. The molecule has 9 heteroatoms. The number of fused-ring (bicyclic) bond motifs is 3. The van der Waals surface area contributed by atoms with Gasteiger partial charge in [0.1, 0.15) is 11.3 Å². The average Bonchev–Trinajstić information content (AvgIpc) is 3.54. The zero-order chi connectivity index (χ0) is 23.9. The first kappa shape index (κ1) is 20.8. The number of hydrogen-bond donors (Lipinski definition) is 0. The molecule has 0 spiro atoms. The van der Waals surface area contributed by atoms with E-state index >= 15 is 0 Å². The molecule has 2 aromatic heterocycles. The highest BCUT2D eigenvalue weighted by atomic mass is 16.7. The van der Waals surface area contributed by atoms with Gasteiger partial charge in [-0.3, -0.25) is 4.79 Å². The first-order chi connectivity index (χ1) is 17.2. The molecule has 0 bridgehead atoms. The van der Waals surface area contributed by atoms with Crippen molar-refractivity contribution < 1.29 is 23.4 Å². The largest absolute Gasteiger partial charge is 0.496 e. The molecule has 3 heterocycles. The molecule has 5 aromatic rings. The molecule has 0 fully saturated rings. The molecule has 0 aliphatic carbocycles. The van der Waals surface area contributed by atoms with Gasteiger partial charge < -0.3 is 23.4 Å². The van der Waals surface area contributed by atoms with Gasteiger partial charge >= 0.3 is 0 Å². The molecule has 0 radical (unpaired) electrons. The van der Waals surface area contributed by atoms with Gasteiger partial charge in [-0.15, -0.1) is 0 Å². The summed E-state index contributed by atoms with van der Waals surface area (Å²) in [5.41, 5.74) is 1.47. The molecule has 9 nitrogen and oxygen atoms in total. The molecule has 0 amide bonds. The molecule has 1 aliphatic rings. The van der Waals surface area contributed by atoms with Crippen LogP contribution in [0.1, 0.15) is 5.56 Å².